The molecule has 1 saturated heterocycles. The van der Waals surface area contributed by atoms with Crippen LogP contribution >= 0.6 is 0 Å². The molecule has 0 unspecified atom stereocenters. The predicted octanol–water partition coefficient (Wildman–Crippen LogP) is 2.36. The van der Waals surface area contributed by atoms with Crippen molar-refractivity contribution in [3.05, 3.63) is 35.9 Å². The monoisotopic (exact) mass is 316 g/mol. The van der Waals surface area contributed by atoms with Crippen LogP contribution in [0.4, 0.5) is 0 Å². The quantitative estimate of drug-likeness (QED) is 0.848. The first-order valence-electron chi connectivity index (χ1n) is 7.93. The number of rotatable bonds is 5. The van der Waals surface area contributed by atoms with Crippen molar-refractivity contribution >= 4 is 17.4 Å². The van der Waals surface area contributed by atoms with Crippen LogP contribution in [0.5, 0.6) is 5.75 Å². The molecule has 2 rings (SSSR count). The fourth-order valence-corrected chi connectivity index (χ4v) is 2.94. The van der Waals surface area contributed by atoms with Gasteiger partial charge in [-0.3, -0.25) is 9.59 Å². The second kappa shape index (κ2) is 7.81. The Balaban J connectivity index is 2.11. The molecule has 1 aliphatic heterocycles. The van der Waals surface area contributed by atoms with Crippen LogP contribution in [0.1, 0.15) is 38.2 Å². The fraction of sp³-hybridized carbons (Fsp3) is 0.444. The normalized spacial score (nSPS) is 18.6. The van der Waals surface area contributed by atoms with Crippen LogP contribution in [0, 0.1) is 0 Å². The number of amides is 2. The van der Waals surface area contributed by atoms with Crippen LogP contribution in [-0.4, -0.2) is 36.4 Å². The van der Waals surface area contributed by atoms with Crippen molar-refractivity contribution in [2.45, 2.75) is 38.6 Å². The minimum Gasteiger partial charge on any atom is -0.497 e. The van der Waals surface area contributed by atoms with E-state index in [2.05, 4.69) is 0 Å². The van der Waals surface area contributed by atoms with Crippen molar-refractivity contribution in [2.24, 2.45) is 5.73 Å². The summed E-state index contributed by atoms with van der Waals surface area (Å²) in [5, 5.41) is 0. The molecule has 1 heterocycles. The van der Waals surface area contributed by atoms with E-state index in [0.29, 0.717) is 6.54 Å². The van der Waals surface area contributed by atoms with E-state index in [4.69, 9.17) is 10.5 Å². The molecule has 0 bridgehead atoms. The minimum absolute atomic E-state index is 0.0516. The second-order valence-electron chi connectivity index (χ2n) is 5.91. The predicted molar refractivity (Wildman–Crippen MR) is 89.8 cm³/mol. The number of piperidine rings is 1. The number of hydrogen-bond acceptors (Lipinski definition) is 3. The Morgan fingerprint density at radius 2 is 2.00 bits per heavy atom. The first-order chi connectivity index (χ1) is 11.0. The van der Waals surface area contributed by atoms with E-state index >= 15 is 0 Å². The number of carbonyl (C=O) groups excluding carboxylic acids is 2. The van der Waals surface area contributed by atoms with Gasteiger partial charge in [-0.15, -0.1) is 0 Å². The topological polar surface area (TPSA) is 72.6 Å². The standard InChI is InChI=1S/C18H24N2O3/c1-13(14-6-8-16(23-2)9-7-14)11-18(22)20-10-4-3-5-15(20)12-17(19)21/h6-9,11,15H,3-5,10,12H2,1-2H3,(H2,19,21)/b13-11+/t15-/m1/s1. The average Bonchev–Trinajstić information content (AvgIpc) is 2.54. The maximum Gasteiger partial charge on any atom is 0.247 e. The summed E-state index contributed by atoms with van der Waals surface area (Å²) in [6, 6.07) is 7.51. The summed E-state index contributed by atoms with van der Waals surface area (Å²) in [6.07, 6.45) is 4.71. The number of benzene rings is 1. The number of likely N-dealkylation sites (tertiary alicyclic amines) is 1. The molecular weight excluding hydrogens is 292 g/mol. The Hall–Kier alpha value is -2.30. The molecule has 23 heavy (non-hydrogen) atoms. The van der Waals surface area contributed by atoms with E-state index in [-0.39, 0.29) is 24.3 Å². The van der Waals surface area contributed by atoms with E-state index < -0.39 is 0 Å². The number of ether oxygens (including phenoxy) is 1. The van der Waals surface area contributed by atoms with Crippen molar-refractivity contribution in [3.63, 3.8) is 0 Å². The first kappa shape index (κ1) is 17.1. The Bertz CT molecular complexity index is 593. The number of allylic oxidation sites excluding steroid dienone is 1. The SMILES string of the molecule is COc1ccc(/C(C)=C/C(=O)N2CCCC[C@@H]2CC(N)=O)cc1. The van der Waals surface area contributed by atoms with Crippen LogP contribution in [0.15, 0.2) is 30.3 Å². The maximum absolute atomic E-state index is 12.6. The summed E-state index contributed by atoms with van der Waals surface area (Å²) in [4.78, 5) is 25.5. The molecule has 1 fully saturated rings. The zero-order valence-electron chi connectivity index (χ0n) is 13.7. The summed E-state index contributed by atoms with van der Waals surface area (Å²) in [5.74, 6) is 0.375. The van der Waals surface area contributed by atoms with Crippen molar-refractivity contribution in [2.75, 3.05) is 13.7 Å². The van der Waals surface area contributed by atoms with Gasteiger partial charge in [-0.25, -0.2) is 0 Å². The molecule has 0 radical (unpaired) electrons. The number of hydrogen-bond donors (Lipinski definition) is 1. The third kappa shape index (κ3) is 4.58. The van der Waals surface area contributed by atoms with Crippen LogP contribution in [-0.2, 0) is 9.59 Å². The summed E-state index contributed by atoms with van der Waals surface area (Å²) < 4.78 is 5.14. The maximum atomic E-state index is 12.6. The van der Waals surface area contributed by atoms with Crippen LogP contribution in [0.2, 0.25) is 0 Å². The highest BCUT2D eigenvalue weighted by Crippen LogP contribution is 2.22. The molecule has 2 amide bonds. The van der Waals surface area contributed by atoms with Gasteiger partial charge in [0.25, 0.3) is 0 Å². The van der Waals surface area contributed by atoms with Gasteiger partial charge in [-0.05, 0) is 49.5 Å². The zero-order chi connectivity index (χ0) is 16.8. The van der Waals surface area contributed by atoms with Crippen LogP contribution in [0.3, 0.4) is 0 Å². The molecule has 1 aromatic rings. The summed E-state index contributed by atoms with van der Waals surface area (Å²) in [6.45, 7) is 2.59. The number of methoxy groups -OCH3 is 1. The van der Waals surface area contributed by atoms with Gasteiger partial charge >= 0.3 is 0 Å². The summed E-state index contributed by atoms with van der Waals surface area (Å²) in [5.41, 5.74) is 7.17. The molecule has 0 aliphatic carbocycles. The molecule has 1 atom stereocenters. The van der Waals surface area contributed by atoms with Gasteiger partial charge in [0, 0.05) is 25.1 Å². The van der Waals surface area contributed by atoms with Crippen molar-refractivity contribution in [3.8, 4) is 5.75 Å². The minimum atomic E-state index is -0.356. The van der Waals surface area contributed by atoms with Crippen molar-refractivity contribution in [1.82, 2.24) is 4.90 Å². The highest BCUT2D eigenvalue weighted by atomic mass is 16.5. The lowest BCUT2D eigenvalue weighted by molar-refractivity contribution is -0.130. The van der Waals surface area contributed by atoms with E-state index in [9.17, 15) is 9.59 Å². The van der Waals surface area contributed by atoms with Crippen LogP contribution < -0.4 is 10.5 Å². The molecule has 5 heteroatoms. The number of primary amides is 1. The Kier molecular flexibility index (Phi) is 5.79. The highest BCUT2D eigenvalue weighted by Gasteiger charge is 2.26. The third-order valence-electron chi connectivity index (χ3n) is 4.23. The molecule has 0 aromatic heterocycles. The lowest BCUT2D eigenvalue weighted by Crippen LogP contribution is -2.44. The van der Waals surface area contributed by atoms with E-state index in [1.165, 1.54) is 0 Å². The van der Waals surface area contributed by atoms with Gasteiger partial charge in [0.2, 0.25) is 11.8 Å². The first-order valence-corrected chi connectivity index (χ1v) is 7.93. The van der Waals surface area contributed by atoms with Gasteiger partial charge < -0.3 is 15.4 Å². The van der Waals surface area contributed by atoms with Gasteiger partial charge in [0.15, 0.2) is 0 Å². The second-order valence-corrected chi connectivity index (χ2v) is 5.91. The van der Waals surface area contributed by atoms with E-state index in [0.717, 1.165) is 36.1 Å². The van der Waals surface area contributed by atoms with Crippen LogP contribution in [0.25, 0.3) is 5.57 Å². The van der Waals surface area contributed by atoms with E-state index in [1.54, 1.807) is 18.1 Å². The van der Waals surface area contributed by atoms with Gasteiger partial charge in [-0.2, -0.15) is 0 Å². The average molecular weight is 316 g/mol. The van der Waals surface area contributed by atoms with Gasteiger partial charge in [0.1, 0.15) is 5.75 Å². The molecule has 1 aliphatic rings. The van der Waals surface area contributed by atoms with Gasteiger partial charge in [0.05, 0.1) is 7.11 Å². The molecule has 0 spiro atoms. The smallest absolute Gasteiger partial charge is 0.247 e. The van der Waals surface area contributed by atoms with Crippen molar-refractivity contribution < 1.29 is 14.3 Å². The molecular formula is C18H24N2O3. The molecule has 124 valence electrons. The Morgan fingerprint density at radius 1 is 1.30 bits per heavy atom. The third-order valence-corrected chi connectivity index (χ3v) is 4.23. The number of nitrogens with zero attached hydrogens (tertiary/aromatic N) is 1. The zero-order valence-corrected chi connectivity index (χ0v) is 13.7. The highest BCUT2D eigenvalue weighted by molar-refractivity contribution is 5.95. The fourth-order valence-electron chi connectivity index (χ4n) is 2.94. The number of nitrogens with two attached hydrogens (primary N) is 1. The molecule has 0 saturated carbocycles. The van der Waals surface area contributed by atoms with Crippen molar-refractivity contribution in [1.29, 1.82) is 0 Å². The summed E-state index contributed by atoms with van der Waals surface area (Å²) >= 11 is 0. The molecule has 5 nitrogen and oxygen atoms in total. The molecule has 1 aromatic carbocycles. The summed E-state index contributed by atoms with van der Waals surface area (Å²) in [7, 11) is 1.62. The molecule has 2 N–H and O–H groups in total. The largest absolute Gasteiger partial charge is 0.497 e. The Labute approximate surface area is 137 Å². The Morgan fingerprint density at radius 3 is 2.61 bits per heavy atom. The van der Waals surface area contributed by atoms with Gasteiger partial charge in [-0.1, -0.05) is 12.1 Å². The lowest BCUT2D eigenvalue weighted by atomic mass is 9.98. The lowest BCUT2D eigenvalue weighted by Gasteiger charge is -2.34. The van der Waals surface area contributed by atoms with E-state index in [1.807, 2.05) is 31.2 Å². The number of carbonyl (C=O) groups is 2.